The van der Waals surface area contributed by atoms with Crippen molar-refractivity contribution in [3.63, 3.8) is 0 Å². The van der Waals surface area contributed by atoms with Crippen molar-refractivity contribution >= 4 is 0 Å². The van der Waals surface area contributed by atoms with Gasteiger partial charge in [-0.2, -0.15) is 0 Å². The number of aliphatic hydroxyl groups excluding tert-OH is 1. The zero-order valence-corrected chi connectivity index (χ0v) is 11.9. The lowest BCUT2D eigenvalue weighted by molar-refractivity contribution is -0.127. The van der Waals surface area contributed by atoms with Gasteiger partial charge in [-0.1, -0.05) is 57.0 Å². The van der Waals surface area contributed by atoms with Gasteiger partial charge >= 0.3 is 0 Å². The van der Waals surface area contributed by atoms with Crippen molar-refractivity contribution in [1.29, 1.82) is 0 Å². The number of hydrogen-bond acceptors (Lipinski definition) is 2. The molecule has 0 aliphatic heterocycles. The van der Waals surface area contributed by atoms with Crippen LogP contribution < -0.4 is 0 Å². The maximum Gasteiger partial charge on any atom is 0.0916 e. The molecule has 0 heterocycles. The summed E-state index contributed by atoms with van der Waals surface area (Å²) in [5, 5.41) is 10.3. The normalized spacial score (nSPS) is 16.2. The molecule has 0 saturated heterocycles. The first-order valence-electron chi connectivity index (χ1n) is 6.98. The standard InChI is InChI=1S/C16H26O2/c1-4-9-15(17)16(3,12-5-2)18-13-14-10-7-6-8-11-14/h6-8,10-11,15,17H,4-5,9,12-13H2,1-3H3/t15-,16+/m0/s1. The van der Waals surface area contributed by atoms with E-state index in [4.69, 9.17) is 4.74 Å². The second-order valence-electron chi connectivity index (χ2n) is 5.14. The van der Waals surface area contributed by atoms with Crippen LogP contribution >= 0.6 is 0 Å². The Morgan fingerprint density at radius 1 is 1.17 bits per heavy atom. The van der Waals surface area contributed by atoms with E-state index >= 15 is 0 Å². The monoisotopic (exact) mass is 250 g/mol. The van der Waals surface area contributed by atoms with Crippen LogP contribution in [0.3, 0.4) is 0 Å². The Morgan fingerprint density at radius 2 is 1.83 bits per heavy atom. The largest absolute Gasteiger partial charge is 0.390 e. The first kappa shape index (κ1) is 15.2. The highest BCUT2D eigenvalue weighted by atomic mass is 16.5. The molecular weight excluding hydrogens is 224 g/mol. The molecule has 0 spiro atoms. The summed E-state index contributed by atoms with van der Waals surface area (Å²) in [5.74, 6) is 0. The maximum atomic E-state index is 10.3. The van der Waals surface area contributed by atoms with Crippen LogP contribution in [-0.4, -0.2) is 16.8 Å². The molecular formula is C16H26O2. The Balaban J connectivity index is 2.61. The first-order chi connectivity index (χ1) is 8.62. The third-order valence-electron chi connectivity index (χ3n) is 3.42. The van der Waals surface area contributed by atoms with Gasteiger partial charge in [0.25, 0.3) is 0 Å². The van der Waals surface area contributed by atoms with Crippen molar-refractivity contribution in [2.75, 3.05) is 0 Å². The Bertz CT molecular complexity index is 323. The predicted octanol–water partition coefficient (Wildman–Crippen LogP) is 3.92. The number of rotatable bonds is 8. The topological polar surface area (TPSA) is 29.5 Å². The molecule has 102 valence electrons. The number of benzene rings is 1. The average Bonchev–Trinajstić information content (AvgIpc) is 2.38. The highest BCUT2D eigenvalue weighted by Crippen LogP contribution is 2.26. The second kappa shape index (κ2) is 7.55. The Morgan fingerprint density at radius 3 is 2.39 bits per heavy atom. The summed E-state index contributed by atoms with van der Waals surface area (Å²) in [6.45, 7) is 6.81. The van der Waals surface area contributed by atoms with Crippen molar-refractivity contribution in [2.45, 2.75) is 64.8 Å². The lowest BCUT2D eigenvalue weighted by Gasteiger charge is -2.34. The summed E-state index contributed by atoms with van der Waals surface area (Å²) in [5.41, 5.74) is 0.726. The molecule has 0 fully saturated rings. The van der Waals surface area contributed by atoms with Crippen LogP contribution in [0.2, 0.25) is 0 Å². The van der Waals surface area contributed by atoms with Gasteiger partial charge in [-0.15, -0.1) is 0 Å². The van der Waals surface area contributed by atoms with E-state index in [1.807, 2.05) is 25.1 Å². The zero-order chi connectivity index (χ0) is 13.4. The van der Waals surface area contributed by atoms with Crippen LogP contribution in [0.1, 0.15) is 52.0 Å². The summed E-state index contributed by atoms with van der Waals surface area (Å²) >= 11 is 0. The number of aliphatic hydroxyl groups is 1. The molecule has 0 amide bonds. The first-order valence-corrected chi connectivity index (χ1v) is 6.98. The average molecular weight is 250 g/mol. The molecule has 0 aliphatic carbocycles. The van der Waals surface area contributed by atoms with Crippen molar-refractivity contribution in [2.24, 2.45) is 0 Å². The molecule has 18 heavy (non-hydrogen) atoms. The van der Waals surface area contributed by atoms with Crippen LogP contribution in [0, 0.1) is 0 Å². The lowest BCUT2D eigenvalue weighted by atomic mass is 9.90. The van der Waals surface area contributed by atoms with Crippen LogP contribution in [0.5, 0.6) is 0 Å². The Kier molecular flexibility index (Phi) is 6.37. The van der Waals surface area contributed by atoms with Crippen molar-refractivity contribution < 1.29 is 9.84 Å². The molecule has 1 aromatic carbocycles. The van der Waals surface area contributed by atoms with E-state index in [1.54, 1.807) is 0 Å². The molecule has 2 nitrogen and oxygen atoms in total. The van der Waals surface area contributed by atoms with Gasteiger partial charge in [0.2, 0.25) is 0 Å². The van der Waals surface area contributed by atoms with Crippen LogP contribution in [0.25, 0.3) is 0 Å². The fraction of sp³-hybridized carbons (Fsp3) is 0.625. The minimum Gasteiger partial charge on any atom is -0.390 e. The summed E-state index contributed by atoms with van der Waals surface area (Å²) in [6.07, 6.45) is 3.30. The molecule has 1 aromatic rings. The third kappa shape index (κ3) is 4.43. The SMILES string of the molecule is CCC[C@H](O)[C@@](C)(CCC)OCc1ccccc1. The fourth-order valence-corrected chi connectivity index (χ4v) is 2.23. The lowest BCUT2D eigenvalue weighted by Crippen LogP contribution is -2.41. The van der Waals surface area contributed by atoms with E-state index in [0.717, 1.165) is 31.2 Å². The van der Waals surface area contributed by atoms with E-state index in [2.05, 4.69) is 26.0 Å². The molecule has 0 aliphatic rings. The Labute approximate surface area is 111 Å². The van der Waals surface area contributed by atoms with E-state index in [1.165, 1.54) is 0 Å². The molecule has 2 heteroatoms. The van der Waals surface area contributed by atoms with Crippen LogP contribution in [0.4, 0.5) is 0 Å². The third-order valence-corrected chi connectivity index (χ3v) is 3.42. The van der Waals surface area contributed by atoms with Gasteiger partial charge in [-0.05, 0) is 25.3 Å². The van der Waals surface area contributed by atoms with Gasteiger partial charge in [-0.3, -0.25) is 0 Å². The number of ether oxygens (including phenoxy) is 1. The van der Waals surface area contributed by atoms with Gasteiger partial charge in [0.1, 0.15) is 0 Å². The summed E-state index contributed by atoms with van der Waals surface area (Å²) < 4.78 is 6.02. The second-order valence-corrected chi connectivity index (χ2v) is 5.14. The van der Waals surface area contributed by atoms with Gasteiger partial charge < -0.3 is 9.84 Å². The van der Waals surface area contributed by atoms with Gasteiger partial charge in [-0.25, -0.2) is 0 Å². The van der Waals surface area contributed by atoms with Crippen molar-refractivity contribution in [3.8, 4) is 0 Å². The Hall–Kier alpha value is -0.860. The molecule has 0 aromatic heterocycles. The minimum atomic E-state index is -0.430. The molecule has 1 N–H and O–H groups in total. The van der Waals surface area contributed by atoms with Gasteiger partial charge in [0.15, 0.2) is 0 Å². The number of hydrogen-bond donors (Lipinski definition) is 1. The van der Waals surface area contributed by atoms with E-state index in [-0.39, 0.29) is 6.10 Å². The van der Waals surface area contributed by atoms with E-state index < -0.39 is 5.60 Å². The molecule has 2 atom stereocenters. The van der Waals surface area contributed by atoms with Crippen LogP contribution in [0.15, 0.2) is 30.3 Å². The van der Waals surface area contributed by atoms with Gasteiger partial charge in [0, 0.05) is 0 Å². The van der Waals surface area contributed by atoms with Crippen LogP contribution in [-0.2, 0) is 11.3 Å². The van der Waals surface area contributed by atoms with Crippen molar-refractivity contribution in [3.05, 3.63) is 35.9 Å². The quantitative estimate of drug-likeness (QED) is 0.757. The smallest absolute Gasteiger partial charge is 0.0916 e. The summed E-state index contributed by atoms with van der Waals surface area (Å²) in [7, 11) is 0. The zero-order valence-electron chi connectivity index (χ0n) is 11.9. The molecule has 0 radical (unpaired) electrons. The predicted molar refractivity (Wildman–Crippen MR) is 75.5 cm³/mol. The van der Waals surface area contributed by atoms with E-state index in [0.29, 0.717) is 6.61 Å². The summed E-state index contributed by atoms with van der Waals surface area (Å²) in [6, 6.07) is 10.1. The summed E-state index contributed by atoms with van der Waals surface area (Å²) in [4.78, 5) is 0. The highest BCUT2D eigenvalue weighted by Gasteiger charge is 2.32. The maximum absolute atomic E-state index is 10.3. The molecule has 1 rings (SSSR count). The molecule has 0 saturated carbocycles. The minimum absolute atomic E-state index is 0.383. The van der Waals surface area contributed by atoms with E-state index in [9.17, 15) is 5.11 Å². The highest BCUT2D eigenvalue weighted by molar-refractivity contribution is 5.13. The van der Waals surface area contributed by atoms with Gasteiger partial charge in [0.05, 0.1) is 18.3 Å². The molecule has 0 unspecified atom stereocenters. The molecule has 0 bridgehead atoms. The fourth-order valence-electron chi connectivity index (χ4n) is 2.23. The van der Waals surface area contributed by atoms with Crippen molar-refractivity contribution in [1.82, 2.24) is 0 Å².